The molecule has 6 heteroatoms. The van der Waals surface area contributed by atoms with Crippen molar-refractivity contribution in [1.82, 2.24) is 5.32 Å². The fraction of sp³-hybridized carbons (Fsp3) is 0.500. The molecule has 0 aromatic heterocycles. The first-order valence-electron chi connectivity index (χ1n) is 6.55. The van der Waals surface area contributed by atoms with E-state index in [1.165, 1.54) is 0 Å². The van der Waals surface area contributed by atoms with Crippen LogP contribution in [0.1, 0.15) is 23.2 Å². The fourth-order valence-electron chi connectivity index (χ4n) is 1.69. The van der Waals surface area contributed by atoms with Crippen molar-refractivity contribution in [3.05, 3.63) is 35.4 Å². The minimum Gasteiger partial charge on any atom is -0.389 e. The van der Waals surface area contributed by atoms with Gasteiger partial charge in [0.15, 0.2) is 0 Å². The smallest absolute Gasteiger partial charge is 0.254 e. The van der Waals surface area contributed by atoms with E-state index in [9.17, 15) is 18.7 Å². The highest BCUT2D eigenvalue weighted by atomic mass is 19.1. The highest BCUT2D eigenvalue weighted by Crippen LogP contribution is 2.28. The number of hydrogen-bond acceptors (Lipinski definition) is 3. The van der Waals surface area contributed by atoms with Crippen LogP contribution in [0.2, 0.25) is 0 Å². The van der Waals surface area contributed by atoms with Crippen LogP contribution in [0.25, 0.3) is 0 Å². The number of aliphatic hydroxyl groups is 1. The Hall–Kier alpha value is -1.53. The molecule has 110 valence electrons. The van der Waals surface area contributed by atoms with Crippen molar-refractivity contribution >= 4 is 5.91 Å². The molecular weight excluding hydrogens is 268 g/mol. The average Bonchev–Trinajstić information content (AvgIpc) is 3.20. The topological polar surface area (TPSA) is 58.6 Å². The van der Waals surface area contributed by atoms with Crippen molar-refractivity contribution in [2.75, 3.05) is 19.8 Å². The summed E-state index contributed by atoms with van der Waals surface area (Å²) in [5, 5.41) is 12.0. The Balaban J connectivity index is 1.72. The molecule has 1 amide bonds. The molecule has 1 aromatic rings. The Bertz CT molecular complexity index is 477. The summed E-state index contributed by atoms with van der Waals surface area (Å²) in [6.07, 6.45) is 1.48. The van der Waals surface area contributed by atoms with Gasteiger partial charge in [0.25, 0.3) is 5.91 Å². The van der Waals surface area contributed by atoms with E-state index in [2.05, 4.69) is 5.32 Å². The van der Waals surface area contributed by atoms with Gasteiger partial charge in [0, 0.05) is 19.2 Å². The number of carbonyl (C=O) groups is 1. The Kier molecular flexibility index (Phi) is 5.03. The molecular formula is C14H17F2NO3. The summed E-state index contributed by atoms with van der Waals surface area (Å²) in [6, 6.07) is 2.72. The van der Waals surface area contributed by atoms with Crippen LogP contribution in [0.4, 0.5) is 8.78 Å². The first-order valence-corrected chi connectivity index (χ1v) is 6.55. The number of nitrogens with one attached hydrogen (secondary N) is 1. The first kappa shape index (κ1) is 14.9. The van der Waals surface area contributed by atoms with E-state index >= 15 is 0 Å². The highest BCUT2D eigenvalue weighted by Gasteiger charge is 2.21. The van der Waals surface area contributed by atoms with E-state index in [0.29, 0.717) is 18.6 Å². The molecule has 2 rings (SSSR count). The largest absolute Gasteiger partial charge is 0.389 e. The van der Waals surface area contributed by atoms with Gasteiger partial charge in [-0.1, -0.05) is 0 Å². The van der Waals surface area contributed by atoms with Crippen LogP contribution < -0.4 is 5.32 Å². The Morgan fingerprint density at radius 1 is 1.45 bits per heavy atom. The van der Waals surface area contributed by atoms with Crippen LogP contribution in [0.3, 0.4) is 0 Å². The number of hydrogen-bond donors (Lipinski definition) is 2. The standard InChI is InChI=1S/C14H17F2NO3/c15-10-3-4-12(13(16)5-10)14(19)17-6-11(18)8-20-7-9-1-2-9/h3-5,9,11,18H,1-2,6-8H2,(H,17,19). The maximum absolute atomic E-state index is 13.3. The lowest BCUT2D eigenvalue weighted by Crippen LogP contribution is -2.35. The molecule has 1 atom stereocenters. The summed E-state index contributed by atoms with van der Waals surface area (Å²) in [5.41, 5.74) is -0.252. The van der Waals surface area contributed by atoms with E-state index < -0.39 is 23.6 Å². The second-order valence-corrected chi connectivity index (χ2v) is 4.97. The van der Waals surface area contributed by atoms with Gasteiger partial charge in [0.05, 0.1) is 18.3 Å². The lowest BCUT2D eigenvalue weighted by molar-refractivity contribution is 0.0320. The van der Waals surface area contributed by atoms with Gasteiger partial charge >= 0.3 is 0 Å². The number of carbonyl (C=O) groups excluding carboxylic acids is 1. The van der Waals surface area contributed by atoms with Crippen LogP contribution in [0, 0.1) is 17.6 Å². The SMILES string of the molecule is O=C(NCC(O)COCC1CC1)c1ccc(F)cc1F. The zero-order valence-electron chi connectivity index (χ0n) is 10.9. The van der Waals surface area contributed by atoms with Crippen molar-refractivity contribution in [2.45, 2.75) is 18.9 Å². The quantitative estimate of drug-likeness (QED) is 0.798. The Morgan fingerprint density at radius 2 is 2.20 bits per heavy atom. The van der Waals surface area contributed by atoms with E-state index in [0.717, 1.165) is 25.0 Å². The molecule has 1 aliphatic rings. The summed E-state index contributed by atoms with van der Waals surface area (Å²) in [7, 11) is 0. The molecule has 4 nitrogen and oxygen atoms in total. The highest BCUT2D eigenvalue weighted by molar-refractivity contribution is 5.94. The van der Waals surface area contributed by atoms with Gasteiger partial charge in [-0.05, 0) is 30.9 Å². The second kappa shape index (κ2) is 6.76. The Morgan fingerprint density at radius 3 is 2.85 bits per heavy atom. The summed E-state index contributed by atoms with van der Waals surface area (Å²) in [4.78, 5) is 11.6. The van der Waals surface area contributed by atoms with Gasteiger partial charge in [-0.15, -0.1) is 0 Å². The molecule has 1 saturated carbocycles. The molecule has 20 heavy (non-hydrogen) atoms. The van der Waals surface area contributed by atoms with Crippen LogP contribution in [0.5, 0.6) is 0 Å². The van der Waals surface area contributed by atoms with Crippen LogP contribution in [-0.4, -0.2) is 36.9 Å². The maximum atomic E-state index is 13.3. The van der Waals surface area contributed by atoms with Gasteiger partial charge in [-0.3, -0.25) is 4.79 Å². The number of rotatable bonds is 7. The second-order valence-electron chi connectivity index (χ2n) is 4.97. The molecule has 0 aliphatic heterocycles. The predicted molar refractivity (Wildman–Crippen MR) is 68.2 cm³/mol. The van der Waals surface area contributed by atoms with E-state index in [4.69, 9.17) is 4.74 Å². The fourth-order valence-corrected chi connectivity index (χ4v) is 1.69. The number of ether oxygens (including phenoxy) is 1. The molecule has 1 aromatic carbocycles. The predicted octanol–water partition coefficient (Wildman–Crippen LogP) is 1.48. The number of benzene rings is 1. The van der Waals surface area contributed by atoms with Gasteiger partial charge in [-0.2, -0.15) is 0 Å². The summed E-state index contributed by atoms with van der Waals surface area (Å²) >= 11 is 0. The van der Waals surface area contributed by atoms with Crippen molar-refractivity contribution in [3.8, 4) is 0 Å². The molecule has 1 fully saturated rings. The van der Waals surface area contributed by atoms with Crippen molar-refractivity contribution < 1.29 is 23.4 Å². The number of amides is 1. The van der Waals surface area contributed by atoms with Crippen LogP contribution in [0.15, 0.2) is 18.2 Å². The molecule has 1 unspecified atom stereocenters. The van der Waals surface area contributed by atoms with Crippen molar-refractivity contribution in [3.63, 3.8) is 0 Å². The normalized spacial score (nSPS) is 15.9. The molecule has 0 heterocycles. The van der Waals surface area contributed by atoms with E-state index in [1.807, 2.05) is 0 Å². The number of aliphatic hydroxyl groups excluding tert-OH is 1. The maximum Gasteiger partial charge on any atom is 0.254 e. The molecule has 0 saturated heterocycles. The summed E-state index contributed by atoms with van der Waals surface area (Å²) < 4.78 is 31.3. The van der Waals surface area contributed by atoms with Gasteiger partial charge in [0.2, 0.25) is 0 Å². The molecule has 0 radical (unpaired) electrons. The average molecular weight is 285 g/mol. The molecule has 1 aliphatic carbocycles. The van der Waals surface area contributed by atoms with Crippen molar-refractivity contribution in [2.24, 2.45) is 5.92 Å². The molecule has 0 bridgehead atoms. The molecule has 0 spiro atoms. The zero-order chi connectivity index (χ0) is 14.5. The Labute approximate surface area is 115 Å². The van der Waals surface area contributed by atoms with Crippen molar-refractivity contribution in [1.29, 1.82) is 0 Å². The lowest BCUT2D eigenvalue weighted by Gasteiger charge is -2.12. The van der Waals surface area contributed by atoms with E-state index in [-0.39, 0.29) is 18.7 Å². The minimum absolute atomic E-state index is 0.0414. The zero-order valence-corrected chi connectivity index (χ0v) is 10.9. The summed E-state index contributed by atoms with van der Waals surface area (Å²) in [6.45, 7) is 0.709. The van der Waals surface area contributed by atoms with Crippen LogP contribution >= 0.6 is 0 Å². The van der Waals surface area contributed by atoms with Gasteiger partial charge in [0.1, 0.15) is 11.6 Å². The third-order valence-electron chi connectivity index (χ3n) is 3.03. The van der Waals surface area contributed by atoms with Gasteiger partial charge in [-0.25, -0.2) is 8.78 Å². The number of halogens is 2. The third-order valence-corrected chi connectivity index (χ3v) is 3.03. The summed E-state index contributed by atoms with van der Waals surface area (Å²) in [5.74, 6) is -1.76. The minimum atomic E-state index is -0.929. The monoisotopic (exact) mass is 285 g/mol. The first-order chi connectivity index (χ1) is 9.56. The van der Waals surface area contributed by atoms with Gasteiger partial charge < -0.3 is 15.2 Å². The molecule has 2 N–H and O–H groups in total. The van der Waals surface area contributed by atoms with Crippen LogP contribution in [-0.2, 0) is 4.74 Å². The lowest BCUT2D eigenvalue weighted by atomic mass is 10.2. The third kappa shape index (κ3) is 4.54. The van der Waals surface area contributed by atoms with E-state index in [1.54, 1.807) is 0 Å².